The van der Waals surface area contributed by atoms with Crippen LogP contribution in [0, 0.1) is 5.92 Å². The van der Waals surface area contributed by atoms with Gasteiger partial charge >= 0.3 is 0 Å². The highest BCUT2D eigenvalue weighted by molar-refractivity contribution is 6.30. The smallest absolute Gasteiger partial charge is 0.126 e. The lowest BCUT2D eigenvalue weighted by Crippen LogP contribution is -2.32. The molecule has 0 spiro atoms. The largest absolute Gasteiger partial charge is 0.492 e. The molecule has 1 aliphatic rings. The van der Waals surface area contributed by atoms with Gasteiger partial charge in [-0.1, -0.05) is 61.0 Å². The van der Waals surface area contributed by atoms with Gasteiger partial charge in [0, 0.05) is 16.2 Å². The lowest BCUT2D eigenvalue weighted by molar-refractivity contribution is 0.0944. The van der Waals surface area contributed by atoms with Crippen LogP contribution in [-0.4, -0.2) is 13.1 Å². The van der Waals surface area contributed by atoms with Crippen LogP contribution < -0.4 is 15.8 Å². The van der Waals surface area contributed by atoms with Crippen LogP contribution >= 0.6 is 11.6 Å². The van der Waals surface area contributed by atoms with Crippen molar-refractivity contribution in [1.29, 1.82) is 0 Å². The fourth-order valence-electron chi connectivity index (χ4n) is 3.43. The van der Waals surface area contributed by atoms with E-state index in [2.05, 4.69) is 54.7 Å². The summed E-state index contributed by atoms with van der Waals surface area (Å²) < 4.78 is 6.36. The molecule has 1 fully saturated rings. The van der Waals surface area contributed by atoms with Crippen molar-refractivity contribution in [3.05, 3.63) is 69.6 Å². The molecule has 0 amide bonds. The summed E-state index contributed by atoms with van der Waals surface area (Å²) in [6, 6.07) is 16.5. The molecule has 1 atom stereocenters. The molecule has 25 heavy (non-hydrogen) atoms. The predicted molar refractivity (Wildman–Crippen MR) is 106 cm³/mol. The minimum atomic E-state index is 0.0639. The van der Waals surface area contributed by atoms with E-state index < -0.39 is 0 Å². The van der Waals surface area contributed by atoms with E-state index in [1.165, 1.54) is 10.8 Å². The summed E-state index contributed by atoms with van der Waals surface area (Å²) in [6.45, 7) is 4.26. The first kappa shape index (κ1) is 18.0. The molecule has 0 aromatic heterocycles. The van der Waals surface area contributed by atoms with Crippen molar-refractivity contribution in [2.45, 2.75) is 32.3 Å². The Morgan fingerprint density at radius 1 is 1.08 bits per heavy atom. The van der Waals surface area contributed by atoms with E-state index in [1.54, 1.807) is 0 Å². The Kier molecular flexibility index (Phi) is 6.55. The number of rotatable bonds is 5. The zero-order valence-electron chi connectivity index (χ0n) is 14.7. The maximum Gasteiger partial charge on any atom is 0.126 e. The van der Waals surface area contributed by atoms with Gasteiger partial charge in [0.15, 0.2) is 0 Å². The van der Waals surface area contributed by atoms with E-state index >= 15 is 0 Å². The maximum atomic E-state index is 6.36. The Labute approximate surface area is 155 Å². The van der Waals surface area contributed by atoms with E-state index in [-0.39, 0.29) is 6.10 Å². The van der Waals surface area contributed by atoms with Gasteiger partial charge in [-0.15, -0.1) is 0 Å². The molecule has 1 saturated heterocycles. The summed E-state index contributed by atoms with van der Waals surface area (Å²) in [5, 5.41) is 6.56. The molecule has 0 radical (unpaired) electrons. The van der Waals surface area contributed by atoms with Crippen LogP contribution in [0.2, 0.25) is 5.02 Å². The minimum absolute atomic E-state index is 0.0639. The van der Waals surface area contributed by atoms with Crippen molar-refractivity contribution >= 4 is 23.9 Å². The number of piperidine rings is 1. The minimum Gasteiger partial charge on any atom is -0.492 e. The number of ether oxygens (including phenoxy) is 1. The number of hydrogen-bond acceptors (Lipinski definition) is 2. The molecule has 0 bridgehead atoms. The summed E-state index contributed by atoms with van der Waals surface area (Å²) in [7, 11) is 0. The molecule has 2 aromatic rings. The summed E-state index contributed by atoms with van der Waals surface area (Å²) in [6.07, 6.45) is 7.50. The molecule has 1 N–H and O–H groups in total. The fraction of sp³-hybridized carbons (Fsp3) is 0.364. The van der Waals surface area contributed by atoms with Gasteiger partial charge in [-0.25, -0.2) is 0 Å². The van der Waals surface area contributed by atoms with E-state index in [0.717, 1.165) is 42.6 Å². The molecule has 0 aliphatic carbocycles. The van der Waals surface area contributed by atoms with Gasteiger partial charge in [0.2, 0.25) is 0 Å². The Morgan fingerprint density at radius 3 is 2.44 bits per heavy atom. The topological polar surface area (TPSA) is 21.3 Å². The molecule has 3 heteroatoms. The van der Waals surface area contributed by atoms with E-state index in [4.69, 9.17) is 16.3 Å². The monoisotopic (exact) mass is 355 g/mol. The highest BCUT2D eigenvalue weighted by Crippen LogP contribution is 2.33. The lowest BCUT2D eigenvalue weighted by atomic mass is 9.88. The first-order valence-corrected chi connectivity index (χ1v) is 9.53. The first-order chi connectivity index (χ1) is 12.3. The van der Waals surface area contributed by atoms with Crippen molar-refractivity contribution in [2.75, 3.05) is 13.1 Å². The Hall–Kier alpha value is -1.77. The van der Waals surface area contributed by atoms with Crippen LogP contribution in [-0.2, 0) is 4.74 Å². The summed E-state index contributed by atoms with van der Waals surface area (Å²) in [4.78, 5) is 0. The fourth-order valence-corrected chi connectivity index (χ4v) is 3.56. The van der Waals surface area contributed by atoms with Gasteiger partial charge in [0.1, 0.15) is 6.10 Å². The van der Waals surface area contributed by atoms with Crippen LogP contribution in [0.15, 0.2) is 48.5 Å². The SMILES string of the molecule is CC/C=c1/cccc/c1=C\OC(c1ccc(Cl)cc1)C1CCNCC1. The van der Waals surface area contributed by atoms with Gasteiger partial charge in [0.05, 0.1) is 6.26 Å². The molecule has 2 nitrogen and oxygen atoms in total. The van der Waals surface area contributed by atoms with Gasteiger partial charge in [0.25, 0.3) is 0 Å². The third-order valence-electron chi connectivity index (χ3n) is 4.77. The summed E-state index contributed by atoms with van der Waals surface area (Å²) >= 11 is 6.07. The number of nitrogens with one attached hydrogen (secondary N) is 1. The second-order valence-electron chi connectivity index (χ2n) is 6.55. The second-order valence-corrected chi connectivity index (χ2v) is 6.99. The molecule has 2 aromatic carbocycles. The highest BCUT2D eigenvalue weighted by atomic mass is 35.5. The third-order valence-corrected chi connectivity index (χ3v) is 5.02. The molecular formula is C22H26ClNO. The van der Waals surface area contributed by atoms with Gasteiger partial charge in [-0.3, -0.25) is 0 Å². The molecule has 3 rings (SSSR count). The number of hydrogen-bond donors (Lipinski definition) is 1. The van der Waals surface area contributed by atoms with Crippen molar-refractivity contribution in [1.82, 2.24) is 5.32 Å². The normalized spacial score (nSPS) is 18.3. The zero-order chi connectivity index (χ0) is 17.5. The maximum absolute atomic E-state index is 6.36. The molecular weight excluding hydrogens is 330 g/mol. The van der Waals surface area contributed by atoms with Crippen LogP contribution in [0.5, 0.6) is 0 Å². The Morgan fingerprint density at radius 2 is 1.76 bits per heavy atom. The lowest BCUT2D eigenvalue weighted by Gasteiger charge is -2.30. The van der Waals surface area contributed by atoms with Crippen LogP contribution in [0.25, 0.3) is 12.3 Å². The van der Waals surface area contributed by atoms with Crippen molar-refractivity contribution in [3.8, 4) is 0 Å². The quantitative estimate of drug-likeness (QED) is 0.874. The van der Waals surface area contributed by atoms with Crippen molar-refractivity contribution < 1.29 is 4.74 Å². The van der Waals surface area contributed by atoms with Crippen molar-refractivity contribution in [2.24, 2.45) is 5.92 Å². The van der Waals surface area contributed by atoms with Crippen LogP contribution in [0.1, 0.15) is 37.9 Å². The molecule has 132 valence electrons. The van der Waals surface area contributed by atoms with E-state index in [9.17, 15) is 0 Å². The van der Waals surface area contributed by atoms with Crippen LogP contribution in [0.4, 0.5) is 0 Å². The average Bonchev–Trinajstić information content (AvgIpc) is 2.66. The Bertz CT molecular complexity index is 778. The summed E-state index contributed by atoms with van der Waals surface area (Å²) in [5.41, 5.74) is 1.20. The highest BCUT2D eigenvalue weighted by Gasteiger charge is 2.25. The first-order valence-electron chi connectivity index (χ1n) is 9.15. The molecule has 1 heterocycles. The second kappa shape index (κ2) is 9.07. The third kappa shape index (κ3) is 4.87. The van der Waals surface area contributed by atoms with E-state index in [1.807, 2.05) is 18.4 Å². The Balaban J connectivity index is 1.91. The summed E-state index contributed by atoms with van der Waals surface area (Å²) in [5.74, 6) is 0.515. The predicted octanol–water partition coefficient (Wildman–Crippen LogP) is 4.03. The molecule has 0 saturated carbocycles. The van der Waals surface area contributed by atoms with Gasteiger partial charge in [-0.05, 0) is 55.3 Å². The van der Waals surface area contributed by atoms with Crippen molar-refractivity contribution in [3.63, 3.8) is 0 Å². The van der Waals surface area contributed by atoms with Gasteiger partial charge in [-0.2, -0.15) is 0 Å². The number of halogens is 1. The number of benzene rings is 2. The molecule has 1 unspecified atom stereocenters. The molecule has 1 aliphatic heterocycles. The zero-order valence-corrected chi connectivity index (χ0v) is 15.5. The average molecular weight is 356 g/mol. The standard InChI is InChI=1S/C22H26ClNO/c1-2-5-17-6-3-4-7-20(17)16-25-22(19-12-14-24-15-13-19)18-8-10-21(23)11-9-18/h3-11,16,19,22,24H,2,12-15H2,1H3/b17-5-,20-16+. The van der Waals surface area contributed by atoms with Gasteiger partial charge < -0.3 is 10.1 Å². The van der Waals surface area contributed by atoms with E-state index in [0.29, 0.717) is 5.92 Å². The van der Waals surface area contributed by atoms with Crippen LogP contribution in [0.3, 0.4) is 0 Å².